The third kappa shape index (κ3) is 2.42. The van der Waals surface area contributed by atoms with E-state index in [1.54, 1.807) is 0 Å². The smallest absolute Gasteiger partial charge is 0.159 e. The van der Waals surface area contributed by atoms with Crippen LogP contribution in [0.5, 0.6) is 0 Å². The van der Waals surface area contributed by atoms with Gasteiger partial charge < -0.3 is 15.2 Å². The predicted octanol–water partition coefficient (Wildman–Crippen LogP) is 1.76. The van der Waals surface area contributed by atoms with Crippen LogP contribution < -0.4 is 5.73 Å². The van der Waals surface area contributed by atoms with Crippen molar-refractivity contribution >= 4 is 0 Å². The summed E-state index contributed by atoms with van der Waals surface area (Å²) >= 11 is 0. The average Bonchev–Trinajstić information content (AvgIpc) is 2.54. The molecule has 1 aliphatic carbocycles. The van der Waals surface area contributed by atoms with Gasteiger partial charge in [0.1, 0.15) is 5.72 Å². The Morgan fingerprint density at radius 3 is 2.54 bits per heavy atom. The van der Waals surface area contributed by atoms with Gasteiger partial charge in [-0.15, -0.1) is 0 Å². The highest BCUT2D eigenvalue weighted by Crippen LogP contribution is 2.31. The Morgan fingerprint density at radius 1 is 1.15 bits per heavy atom. The second-order valence-corrected chi connectivity index (χ2v) is 4.19. The molecule has 0 spiro atoms. The second kappa shape index (κ2) is 3.95. The molecule has 1 saturated carbocycles. The standard InChI is InChI=1S/C10H19NO2/c11-10(6-2-3-7-10)13-9-5-1-4-8-12-9/h9H,1-8,11H2. The normalized spacial score (nSPS) is 33.5. The van der Waals surface area contributed by atoms with Gasteiger partial charge in [-0.25, -0.2) is 0 Å². The van der Waals surface area contributed by atoms with Crippen LogP contribution in [-0.2, 0) is 9.47 Å². The van der Waals surface area contributed by atoms with Crippen molar-refractivity contribution in [3.8, 4) is 0 Å². The fraction of sp³-hybridized carbons (Fsp3) is 1.00. The lowest BCUT2D eigenvalue weighted by atomic mass is 10.1. The molecule has 0 radical (unpaired) electrons. The zero-order valence-corrected chi connectivity index (χ0v) is 8.13. The van der Waals surface area contributed by atoms with Gasteiger partial charge in [-0.1, -0.05) is 0 Å². The van der Waals surface area contributed by atoms with E-state index in [0.29, 0.717) is 0 Å². The summed E-state index contributed by atoms with van der Waals surface area (Å²) < 4.78 is 11.3. The minimum absolute atomic E-state index is 0.0307. The highest BCUT2D eigenvalue weighted by atomic mass is 16.7. The number of hydrogen-bond acceptors (Lipinski definition) is 3. The number of hydrogen-bond donors (Lipinski definition) is 1. The summed E-state index contributed by atoms with van der Waals surface area (Å²) in [6.07, 6.45) is 7.74. The molecule has 3 nitrogen and oxygen atoms in total. The van der Waals surface area contributed by atoms with Gasteiger partial charge in [-0.3, -0.25) is 0 Å². The lowest BCUT2D eigenvalue weighted by molar-refractivity contribution is -0.222. The third-order valence-electron chi connectivity index (χ3n) is 2.95. The summed E-state index contributed by atoms with van der Waals surface area (Å²) in [6, 6.07) is 0. The van der Waals surface area contributed by atoms with Crippen LogP contribution in [0.1, 0.15) is 44.9 Å². The summed E-state index contributed by atoms with van der Waals surface area (Å²) in [6.45, 7) is 0.834. The molecule has 0 bridgehead atoms. The quantitative estimate of drug-likeness (QED) is 0.667. The summed E-state index contributed by atoms with van der Waals surface area (Å²) in [5.74, 6) is 0. The van der Waals surface area contributed by atoms with Crippen molar-refractivity contribution in [1.29, 1.82) is 0 Å². The first-order valence-electron chi connectivity index (χ1n) is 5.37. The molecule has 3 heteroatoms. The van der Waals surface area contributed by atoms with Gasteiger partial charge in [-0.2, -0.15) is 0 Å². The highest BCUT2D eigenvalue weighted by molar-refractivity contribution is 4.80. The zero-order chi connectivity index (χ0) is 9.15. The van der Waals surface area contributed by atoms with Gasteiger partial charge in [-0.05, 0) is 44.9 Å². The molecule has 2 aliphatic rings. The van der Waals surface area contributed by atoms with Crippen LogP contribution in [0, 0.1) is 0 Å². The van der Waals surface area contributed by atoms with Crippen LogP contribution >= 0.6 is 0 Å². The van der Waals surface area contributed by atoms with Crippen molar-refractivity contribution in [2.75, 3.05) is 6.61 Å². The fourth-order valence-corrected chi connectivity index (χ4v) is 2.16. The van der Waals surface area contributed by atoms with Crippen LogP contribution in [0.25, 0.3) is 0 Å². The third-order valence-corrected chi connectivity index (χ3v) is 2.95. The first-order valence-corrected chi connectivity index (χ1v) is 5.37. The van der Waals surface area contributed by atoms with E-state index in [-0.39, 0.29) is 12.0 Å². The van der Waals surface area contributed by atoms with Crippen molar-refractivity contribution in [3.63, 3.8) is 0 Å². The largest absolute Gasteiger partial charge is 0.353 e. The number of rotatable bonds is 2. The Morgan fingerprint density at radius 2 is 1.92 bits per heavy atom. The maximum absolute atomic E-state index is 6.09. The van der Waals surface area contributed by atoms with Gasteiger partial charge in [0.05, 0.1) is 0 Å². The molecule has 1 aliphatic heterocycles. The van der Waals surface area contributed by atoms with E-state index in [1.165, 1.54) is 19.3 Å². The Balaban J connectivity index is 1.81. The van der Waals surface area contributed by atoms with Crippen molar-refractivity contribution in [3.05, 3.63) is 0 Å². The lowest BCUT2D eigenvalue weighted by Gasteiger charge is -2.32. The highest BCUT2D eigenvalue weighted by Gasteiger charge is 2.33. The Labute approximate surface area is 79.6 Å². The SMILES string of the molecule is NC1(OC2CCCCO2)CCCC1. The van der Waals surface area contributed by atoms with Crippen LogP contribution in [0.4, 0.5) is 0 Å². The topological polar surface area (TPSA) is 44.5 Å². The minimum atomic E-state index is -0.373. The number of ether oxygens (including phenoxy) is 2. The molecule has 0 aromatic carbocycles. The Bertz CT molecular complexity index is 160. The van der Waals surface area contributed by atoms with E-state index in [2.05, 4.69) is 0 Å². The van der Waals surface area contributed by atoms with Gasteiger partial charge in [0.15, 0.2) is 6.29 Å². The van der Waals surface area contributed by atoms with Gasteiger partial charge >= 0.3 is 0 Å². The molecule has 13 heavy (non-hydrogen) atoms. The molecule has 1 unspecified atom stereocenters. The summed E-state index contributed by atoms with van der Waals surface area (Å²) in [5.41, 5.74) is 5.71. The maximum atomic E-state index is 6.09. The average molecular weight is 185 g/mol. The first kappa shape index (κ1) is 9.44. The van der Waals surface area contributed by atoms with Crippen molar-refractivity contribution in [2.24, 2.45) is 5.73 Å². The van der Waals surface area contributed by atoms with Gasteiger partial charge in [0.25, 0.3) is 0 Å². The molecule has 76 valence electrons. The molecule has 1 heterocycles. The molecule has 1 atom stereocenters. The molecule has 2 N–H and O–H groups in total. The minimum Gasteiger partial charge on any atom is -0.353 e. The monoisotopic (exact) mass is 185 g/mol. The van der Waals surface area contributed by atoms with E-state index < -0.39 is 0 Å². The van der Waals surface area contributed by atoms with Crippen molar-refractivity contribution in [2.45, 2.75) is 57.0 Å². The van der Waals surface area contributed by atoms with E-state index >= 15 is 0 Å². The first-order chi connectivity index (χ1) is 6.29. The Hall–Kier alpha value is -0.120. The van der Waals surface area contributed by atoms with E-state index in [0.717, 1.165) is 32.3 Å². The van der Waals surface area contributed by atoms with Crippen LogP contribution in [0.15, 0.2) is 0 Å². The van der Waals surface area contributed by atoms with Crippen LogP contribution in [-0.4, -0.2) is 18.6 Å². The molecule has 0 aromatic heterocycles. The van der Waals surface area contributed by atoms with Crippen LogP contribution in [0.3, 0.4) is 0 Å². The van der Waals surface area contributed by atoms with Crippen LogP contribution in [0.2, 0.25) is 0 Å². The summed E-state index contributed by atoms with van der Waals surface area (Å²) in [5, 5.41) is 0. The molecular formula is C10H19NO2. The molecule has 1 saturated heterocycles. The molecule has 0 aromatic rings. The predicted molar refractivity (Wildman–Crippen MR) is 50.1 cm³/mol. The molecule has 0 amide bonds. The van der Waals surface area contributed by atoms with Crippen molar-refractivity contribution in [1.82, 2.24) is 0 Å². The molecular weight excluding hydrogens is 166 g/mol. The second-order valence-electron chi connectivity index (χ2n) is 4.19. The lowest BCUT2D eigenvalue weighted by Crippen LogP contribution is -2.44. The summed E-state index contributed by atoms with van der Waals surface area (Å²) in [4.78, 5) is 0. The maximum Gasteiger partial charge on any atom is 0.159 e. The van der Waals surface area contributed by atoms with Crippen molar-refractivity contribution < 1.29 is 9.47 Å². The number of nitrogens with two attached hydrogens (primary N) is 1. The fourth-order valence-electron chi connectivity index (χ4n) is 2.16. The summed E-state index contributed by atoms with van der Waals surface area (Å²) in [7, 11) is 0. The van der Waals surface area contributed by atoms with E-state index in [9.17, 15) is 0 Å². The van der Waals surface area contributed by atoms with E-state index in [4.69, 9.17) is 15.2 Å². The van der Waals surface area contributed by atoms with Gasteiger partial charge in [0.2, 0.25) is 0 Å². The van der Waals surface area contributed by atoms with Gasteiger partial charge in [0, 0.05) is 6.61 Å². The zero-order valence-electron chi connectivity index (χ0n) is 8.13. The molecule has 2 fully saturated rings. The molecule has 2 rings (SSSR count). The Kier molecular flexibility index (Phi) is 2.86. The van der Waals surface area contributed by atoms with E-state index in [1.807, 2.05) is 0 Å².